The number of carbonyl (C=O) groups is 2. The first-order valence-electron chi connectivity index (χ1n) is 5.52. The zero-order valence-electron chi connectivity index (χ0n) is 9.92. The molecule has 2 aromatic rings. The monoisotopic (exact) mass is 276 g/mol. The third-order valence-electron chi connectivity index (χ3n) is 2.38. The van der Waals surface area contributed by atoms with Crippen molar-refractivity contribution in [3.05, 3.63) is 41.3 Å². The first kappa shape index (κ1) is 13.1. The van der Waals surface area contributed by atoms with E-state index in [9.17, 15) is 14.7 Å². The minimum Gasteiger partial charge on any atom is -0.508 e. The zero-order valence-corrected chi connectivity index (χ0v) is 10.7. The van der Waals surface area contributed by atoms with Crippen molar-refractivity contribution < 1.29 is 14.7 Å². The van der Waals surface area contributed by atoms with Gasteiger partial charge in [-0.2, -0.15) is 0 Å². The molecule has 0 aliphatic heterocycles. The number of hydrogen-bond donors (Lipinski definition) is 3. The molecule has 0 unspecified atom stereocenters. The van der Waals surface area contributed by atoms with E-state index in [1.54, 1.807) is 30.3 Å². The van der Waals surface area contributed by atoms with Gasteiger partial charge in [0, 0.05) is 4.88 Å². The van der Waals surface area contributed by atoms with Crippen LogP contribution in [-0.4, -0.2) is 23.5 Å². The van der Waals surface area contributed by atoms with Gasteiger partial charge in [0.25, 0.3) is 5.91 Å². The third-order valence-corrected chi connectivity index (χ3v) is 3.52. The fourth-order valence-corrected chi connectivity index (χ4v) is 2.45. The number of nitrogens with two attached hydrogens (primary N) is 1. The average molecular weight is 276 g/mol. The number of nitrogens with one attached hydrogen (secondary N) is 1. The van der Waals surface area contributed by atoms with Gasteiger partial charge < -0.3 is 16.2 Å². The Hall–Kier alpha value is -2.34. The Labute approximate surface area is 113 Å². The predicted octanol–water partition coefficient (Wildman–Crippen LogP) is 1.34. The molecule has 2 amide bonds. The summed E-state index contributed by atoms with van der Waals surface area (Å²) in [6, 6.07) is 10.2. The zero-order chi connectivity index (χ0) is 13.8. The van der Waals surface area contributed by atoms with Crippen molar-refractivity contribution in [1.82, 2.24) is 5.32 Å². The van der Waals surface area contributed by atoms with E-state index in [0.717, 1.165) is 10.4 Å². The van der Waals surface area contributed by atoms with Crippen LogP contribution >= 0.6 is 11.3 Å². The molecule has 0 spiro atoms. The van der Waals surface area contributed by atoms with Crippen LogP contribution in [0.1, 0.15) is 9.67 Å². The quantitative estimate of drug-likeness (QED) is 0.786. The number of amides is 2. The molecule has 5 nitrogen and oxygen atoms in total. The molecular formula is C13H12N2O3S. The van der Waals surface area contributed by atoms with E-state index in [0.29, 0.717) is 4.88 Å². The number of benzene rings is 1. The number of phenols is 1. The number of phenolic OH excluding ortho intramolecular Hbond substituents is 1. The Balaban J connectivity index is 2.15. The van der Waals surface area contributed by atoms with Crippen LogP contribution in [0.4, 0.5) is 0 Å². The highest BCUT2D eigenvalue weighted by Gasteiger charge is 2.10. The van der Waals surface area contributed by atoms with E-state index in [-0.39, 0.29) is 18.2 Å². The average Bonchev–Trinajstić information content (AvgIpc) is 2.85. The van der Waals surface area contributed by atoms with Crippen molar-refractivity contribution in [3.63, 3.8) is 0 Å². The molecule has 0 bridgehead atoms. The lowest BCUT2D eigenvalue weighted by Gasteiger charge is -2.00. The van der Waals surface area contributed by atoms with E-state index in [1.807, 2.05) is 6.07 Å². The fourth-order valence-electron chi connectivity index (χ4n) is 1.53. The molecule has 0 radical (unpaired) electrons. The molecule has 1 aromatic carbocycles. The van der Waals surface area contributed by atoms with Crippen molar-refractivity contribution in [2.45, 2.75) is 0 Å². The smallest absolute Gasteiger partial charge is 0.261 e. The molecule has 1 heterocycles. The summed E-state index contributed by atoms with van der Waals surface area (Å²) >= 11 is 1.28. The highest BCUT2D eigenvalue weighted by atomic mass is 32.1. The minimum absolute atomic E-state index is 0.172. The van der Waals surface area contributed by atoms with Crippen LogP contribution in [0.25, 0.3) is 10.4 Å². The number of hydrogen-bond acceptors (Lipinski definition) is 4. The van der Waals surface area contributed by atoms with Crippen LogP contribution in [0.3, 0.4) is 0 Å². The molecule has 2 rings (SSSR count). The van der Waals surface area contributed by atoms with Gasteiger partial charge in [-0.1, -0.05) is 12.1 Å². The second-order valence-electron chi connectivity index (χ2n) is 3.86. The van der Waals surface area contributed by atoms with E-state index < -0.39 is 5.91 Å². The van der Waals surface area contributed by atoms with Gasteiger partial charge in [0.05, 0.1) is 11.4 Å². The van der Waals surface area contributed by atoms with E-state index in [2.05, 4.69) is 5.32 Å². The molecule has 98 valence electrons. The molecule has 0 saturated carbocycles. The summed E-state index contributed by atoms with van der Waals surface area (Å²) in [5.74, 6) is -0.751. The normalized spacial score (nSPS) is 10.1. The first-order valence-corrected chi connectivity index (χ1v) is 6.33. The van der Waals surface area contributed by atoms with Gasteiger partial charge in [0.1, 0.15) is 5.75 Å². The van der Waals surface area contributed by atoms with Gasteiger partial charge in [-0.3, -0.25) is 9.59 Å². The van der Waals surface area contributed by atoms with Gasteiger partial charge >= 0.3 is 0 Å². The van der Waals surface area contributed by atoms with Gasteiger partial charge in [-0.15, -0.1) is 11.3 Å². The topological polar surface area (TPSA) is 92.4 Å². The molecule has 4 N–H and O–H groups in total. The van der Waals surface area contributed by atoms with Crippen LogP contribution in [0.2, 0.25) is 0 Å². The molecule has 6 heteroatoms. The lowest BCUT2D eigenvalue weighted by molar-refractivity contribution is -0.117. The highest BCUT2D eigenvalue weighted by Crippen LogP contribution is 2.29. The summed E-state index contributed by atoms with van der Waals surface area (Å²) in [6.07, 6.45) is 0. The molecule has 0 aliphatic rings. The van der Waals surface area contributed by atoms with Crippen LogP contribution in [0.15, 0.2) is 36.4 Å². The van der Waals surface area contributed by atoms with Gasteiger partial charge in [0.15, 0.2) is 0 Å². The van der Waals surface area contributed by atoms with Gasteiger partial charge in [-0.05, 0) is 29.8 Å². The number of rotatable bonds is 4. The van der Waals surface area contributed by atoms with Crippen LogP contribution in [0, 0.1) is 0 Å². The molecule has 0 fully saturated rings. The fraction of sp³-hybridized carbons (Fsp3) is 0.0769. The second-order valence-corrected chi connectivity index (χ2v) is 4.95. The largest absolute Gasteiger partial charge is 0.508 e. The molecule has 0 aliphatic carbocycles. The van der Waals surface area contributed by atoms with Crippen molar-refractivity contribution in [3.8, 4) is 16.2 Å². The van der Waals surface area contributed by atoms with Gasteiger partial charge in [0.2, 0.25) is 5.91 Å². The second kappa shape index (κ2) is 5.53. The van der Waals surface area contributed by atoms with Crippen molar-refractivity contribution in [2.24, 2.45) is 5.73 Å². The third kappa shape index (κ3) is 3.32. The maximum Gasteiger partial charge on any atom is 0.261 e. The molecular weight excluding hydrogens is 264 g/mol. The Morgan fingerprint density at radius 2 is 2.05 bits per heavy atom. The summed E-state index contributed by atoms with van der Waals surface area (Å²) in [4.78, 5) is 23.6. The summed E-state index contributed by atoms with van der Waals surface area (Å²) in [5, 5.41) is 11.8. The van der Waals surface area contributed by atoms with Crippen LogP contribution in [-0.2, 0) is 4.79 Å². The number of aromatic hydroxyl groups is 1. The minimum atomic E-state index is -0.585. The maximum atomic E-state index is 11.7. The number of carbonyl (C=O) groups excluding carboxylic acids is 2. The Morgan fingerprint density at radius 3 is 2.74 bits per heavy atom. The lowest BCUT2D eigenvalue weighted by atomic mass is 10.2. The predicted molar refractivity (Wildman–Crippen MR) is 72.9 cm³/mol. The van der Waals surface area contributed by atoms with E-state index >= 15 is 0 Å². The number of thiophene rings is 1. The summed E-state index contributed by atoms with van der Waals surface area (Å²) in [6.45, 7) is -0.182. The lowest BCUT2D eigenvalue weighted by Crippen LogP contribution is -2.32. The molecule has 0 atom stereocenters. The summed E-state index contributed by atoms with van der Waals surface area (Å²) < 4.78 is 0. The SMILES string of the molecule is NC(=O)CNC(=O)c1ccc(-c2cccc(O)c2)s1. The van der Waals surface area contributed by atoms with Crippen LogP contribution < -0.4 is 11.1 Å². The molecule has 0 saturated heterocycles. The van der Waals surface area contributed by atoms with Gasteiger partial charge in [-0.25, -0.2) is 0 Å². The molecule has 19 heavy (non-hydrogen) atoms. The maximum absolute atomic E-state index is 11.7. The standard InChI is InChI=1S/C13H12N2O3S/c14-12(17)7-15-13(18)11-5-4-10(19-11)8-2-1-3-9(16)6-8/h1-6,16H,7H2,(H2,14,17)(H,15,18). The summed E-state index contributed by atoms with van der Waals surface area (Å²) in [7, 11) is 0. The summed E-state index contributed by atoms with van der Waals surface area (Å²) in [5.41, 5.74) is 5.79. The van der Waals surface area contributed by atoms with E-state index in [1.165, 1.54) is 11.3 Å². The highest BCUT2D eigenvalue weighted by molar-refractivity contribution is 7.17. The van der Waals surface area contributed by atoms with E-state index in [4.69, 9.17) is 5.73 Å². The van der Waals surface area contributed by atoms with Crippen molar-refractivity contribution >= 4 is 23.2 Å². The van der Waals surface area contributed by atoms with Crippen LogP contribution in [0.5, 0.6) is 5.75 Å². The Bertz CT molecular complexity index is 622. The first-order chi connectivity index (χ1) is 9.06. The number of primary amides is 1. The Morgan fingerprint density at radius 1 is 1.26 bits per heavy atom. The van der Waals surface area contributed by atoms with Crippen molar-refractivity contribution in [2.75, 3.05) is 6.54 Å². The van der Waals surface area contributed by atoms with Crippen molar-refractivity contribution in [1.29, 1.82) is 0 Å². The Kier molecular flexibility index (Phi) is 3.82. The molecule has 1 aromatic heterocycles.